The van der Waals surface area contributed by atoms with Gasteiger partial charge in [0.2, 0.25) is 0 Å². The molecule has 0 fully saturated rings. The van der Waals surface area contributed by atoms with Gasteiger partial charge in [-0.25, -0.2) is 0 Å². The van der Waals surface area contributed by atoms with Crippen LogP contribution in [-0.2, 0) is 6.42 Å². The minimum absolute atomic E-state index is 0.370. The highest BCUT2D eigenvalue weighted by molar-refractivity contribution is 9.10. The highest BCUT2D eigenvalue weighted by Gasteiger charge is 2.03. The van der Waals surface area contributed by atoms with E-state index in [2.05, 4.69) is 63.5 Å². The topological polar surface area (TPSA) is 24.9 Å². The van der Waals surface area contributed by atoms with E-state index in [1.165, 1.54) is 11.1 Å². The molecule has 1 aromatic heterocycles. The summed E-state index contributed by atoms with van der Waals surface area (Å²) < 4.78 is 1.12. The van der Waals surface area contributed by atoms with Crippen LogP contribution in [0.5, 0.6) is 0 Å². The molecule has 0 radical (unpaired) electrons. The van der Waals surface area contributed by atoms with Crippen LogP contribution in [0.3, 0.4) is 0 Å². The molecule has 0 saturated carbocycles. The van der Waals surface area contributed by atoms with Gasteiger partial charge in [-0.05, 0) is 49.2 Å². The van der Waals surface area contributed by atoms with E-state index in [0.717, 1.165) is 17.4 Å². The fraction of sp³-hybridized carbons (Fsp3) is 0.267. The highest BCUT2D eigenvalue weighted by atomic mass is 79.9. The molecule has 2 aromatic rings. The van der Waals surface area contributed by atoms with Crippen molar-refractivity contribution in [2.24, 2.45) is 0 Å². The summed E-state index contributed by atoms with van der Waals surface area (Å²) in [4.78, 5) is 4.12. The molecular formula is C15H17BrN2. The molecule has 0 saturated heterocycles. The van der Waals surface area contributed by atoms with Crippen molar-refractivity contribution in [2.45, 2.75) is 19.4 Å². The molecule has 0 spiro atoms. The Hall–Kier alpha value is -1.19. The lowest BCUT2D eigenvalue weighted by molar-refractivity contribution is 0.576. The Labute approximate surface area is 117 Å². The number of nitrogens with zero attached hydrogens (tertiary/aromatic N) is 1. The third-order valence-electron chi connectivity index (χ3n) is 2.96. The third-order valence-corrected chi connectivity index (χ3v) is 3.49. The maximum Gasteiger partial charge on any atom is 0.0300 e. The van der Waals surface area contributed by atoms with Gasteiger partial charge in [0, 0.05) is 22.9 Å². The van der Waals surface area contributed by atoms with Crippen molar-refractivity contribution in [2.75, 3.05) is 6.54 Å². The fourth-order valence-corrected chi connectivity index (χ4v) is 2.11. The first kappa shape index (κ1) is 13.2. The largest absolute Gasteiger partial charge is 0.310 e. The Balaban J connectivity index is 1.81. The number of rotatable bonds is 5. The van der Waals surface area contributed by atoms with Gasteiger partial charge in [-0.2, -0.15) is 0 Å². The second-order valence-corrected chi connectivity index (χ2v) is 5.25. The van der Waals surface area contributed by atoms with Crippen LogP contribution in [-0.4, -0.2) is 11.5 Å². The van der Waals surface area contributed by atoms with E-state index in [1.807, 2.05) is 12.3 Å². The van der Waals surface area contributed by atoms with E-state index in [4.69, 9.17) is 0 Å². The number of hydrogen-bond acceptors (Lipinski definition) is 2. The van der Waals surface area contributed by atoms with E-state index >= 15 is 0 Å². The molecule has 1 aromatic carbocycles. The lowest BCUT2D eigenvalue weighted by atomic mass is 10.1. The van der Waals surface area contributed by atoms with Gasteiger partial charge in [0.25, 0.3) is 0 Å². The minimum atomic E-state index is 0.370. The van der Waals surface area contributed by atoms with Gasteiger partial charge in [-0.3, -0.25) is 4.98 Å². The number of nitrogens with one attached hydrogen (secondary N) is 1. The molecule has 1 heterocycles. The van der Waals surface area contributed by atoms with Crippen molar-refractivity contribution < 1.29 is 0 Å². The standard InChI is InChI=1S/C15H17BrN2/c1-12(14-4-6-15(16)7-5-14)18-10-8-13-3-2-9-17-11-13/h2-7,9,11-12,18H,8,10H2,1H3/t12-/m0/s1. The number of aromatic nitrogens is 1. The summed E-state index contributed by atoms with van der Waals surface area (Å²) in [6.07, 6.45) is 4.74. The molecule has 0 aliphatic rings. The predicted molar refractivity (Wildman–Crippen MR) is 78.5 cm³/mol. The SMILES string of the molecule is C[C@H](NCCc1cccnc1)c1ccc(Br)cc1. The predicted octanol–water partition coefficient (Wildman–Crippen LogP) is 3.74. The summed E-state index contributed by atoms with van der Waals surface area (Å²) in [7, 11) is 0. The normalized spacial score (nSPS) is 12.3. The fourth-order valence-electron chi connectivity index (χ4n) is 1.85. The van der Waals surface area contributed by atoms with Gasteiger partial charge in [0.15, 0.2) is 0 Å². The van der Waals surface area contributed by atoms with Gasteiger partial charge < -0.3 is 5.32 Å². The Morgan fingerprint density at radius 2 is 2.00 bits per heavy atom. The Morgan fingerprint density at radius 3 is 2.67 bits per heavy atom. The van der Waals surface area contributed by atoms with Crippen LogP contribution in [0, 0.1) is 0 Å². The van der Waals surface area contributed by atoms with Crippen molar-refractivity contribution in [3.8, 4) is 0 Å². The number of hydrogen-bond donors (Lipinski definition) is 1. The molecular weight excluding hydrogens is 288 g/mol. The van der Waals surface area contributed by atoms with Crippen molar-refractivity contribution in [3.05, 3.63) is 64.4 Å². The van der Waals surface area contributed by atoms with Crippen molar-refractivity contribution >= 4 is 15.9 Å². The molecule has 1 N–H and O–H groups in total. The Kier molecular flexibility index (Phi) is 4.90. The van der Waals surface area contributed by atoms with E-state index in [9.17, 15) is 0 Å². The minimum Gasteiger partial charge on any atom is -0.310 e. The van der Waals surface area contributed by atoms with Gasteiger partial charge in [-0.1, -0.05) is 34.1 Å². The summed E-state index contributed by atoms with van der Waals surface area (Å²) in [5.41, 5.74) is 2.58. The first-order chi connectivity index (χ1) is 8.75. The van der Waals surface area contributed by atoms with Gasteiger partial charge in [-0.15, -0.1) is 0 Å². The molecule has 0 bridgehead atoms. The molecule has 2 nitrogen and oxygen atoms in total. The molecule has 2 rings (SSSR count). The summed E-state index contributed by atoms with van der Waals surface area (Å²) in [6.45, 7) is 3.15. The van der Waals surface area contributed by atoms with E-state index < -0.39 is 0 Å². The molecule has 0 aliphatic carbocycles. The molecule has 1 atom stereocenters. The lowest BCUT2D eigenvalue weighted by Crippen LogP contribution is -2.21. The summed E-state index contributed by atoms with van der Waals surface area (Å²) in [5.74, 6) is 0. The first-order valence-corrected chi connectivity index (χ1v) is 6.93. The highest BCUT2D eigenvalue weighted by Crippen LogP contribution is 2.16. The van der Waals surface area contributed by atoms with Crippen LogP contribution in [0.4, 0.5) is 0 Å². The number of benzene rings is 1. The number of halogens is 1. The second kappa shape index (κ2) is 6.66. The second-order valence-electron chi connectivity index (χ2n) is 4.34. The zero-order valence-electron chi connectivity index (χ0n) is 10.4. The van der Waals surface area contributed by atoms with Crippen LogP contribution >= 0.6 is 15.9 Å². The van der Waals surface area contributed by atoms with Crippen LogP contribution in [0.25, 0.3) is 0 Å². The smallest absolute Gasteiger partial charge is 0.0300 e. The maximum absolute atomic E-state index is 4.12. The maximum atomic E-state index is 4.12. The Bertz CT molecular complexity index is 468. The van der Waals surface area contributed by atoms with Gasteiger partial charge >= 0.3 is 0 Å². The third kappa shape index (κ3) is 3.93. The summed E-state index contributed by atoms with van der Waals surface area (Å²) in [5, 5.41) is 3.52. The summed E-state index contributed by atoms with van der Waals surface area (Å²) >= 11 is 3.45. The molecule has 3 heteroatoms. The van der Waals surface area contributed by atoms with Crippen LogP contribution in [0.2, 0.25) is 0 Å². The summed E-state index contributed by atoms with van der Waals surface area (Å²) in [6, 6.07) is 12.9. The average molecular weight is 305 g/mol. The van der Waals surface area contributed by atoms with Gasteiger partial charge in [0.05, 0.1) is 0 Å². The van der Waals surface area contributed by atoms with Crippen molar-refractivity contribution in [1.29, 1.82) is 0 Å². The molecule has 94 valence electrons. The Morgan fingerprint density at radius 1 is 1.22 bits per heavy atom. The van der Waals surface area contributed by atoms with E-state index in [0.29, 0.717) is 6.04 Å². The number of pyridine rings is 1. The molecule has 18 heavy (non-hydrogen) atoms. The lowest BCUT2D eigenvalue weighted by Gasteiger charge is -2.14. The van der Waals surface area contributed by atoms with Gasteiger partial charge in [0.1, 0.15) is 0 Å². The van der Waals surface area contributed by atoms with Crippen LogP contribution in [0.15, 0.2) is 53.3 Å². The van der Waals surface area contributed by atoms with Crippen LogP contribution < -0.4 is 5.32 Å². The average Bonchev–Trinajstić information content (AvgIpc) is 2.40. The van der Waals surface area contributed by atoms with Crippen molar-refractivity contribution in [3.63, 3.8) is 0 Å². The van der Waals surface area contributed by atoms with E-state index in [-0.39, 0.29) is 0 Å². The van der Waals surface area contributed by atoms with E-state index in [1.54, 1.807) is 6.20 Å². The quantitative estimate of drug-likeness (QED) is 0.910. The van der Waals surface area contributed by atoms with Crippen LogP contribution in [0.1, 0.15) is 24.1 Å². The first-order valence-electron chi connectivity index (χ1n) is 6.13. The molecule has 0 aliphatic heterocycles. The monoisotopic (exact) mass is 304 g/mol. The molecule has 0 unspecified atom stereocenters. The van der Waals surface area contributed by atoms with Crippen molar-refractivity contribution in [1.82, 2.24) is 10.3 Å². The zero-order valence-corrected chi connectivity index (χ0v) is 12.0. The molecule has 0 amide bonds. The zero-order chi connectivity index (χ0) is 12.8.